The van der Waals surface area contributed by atoms with Crippen molar-refractivity contribution in [2.24, 2.45) is 11.8 Å². The highest BCUT2D eigenvalue weighted by Crippen LogP contribution is 2.35. The van der Waals surface area contributed by atoms with Gasteiger partial charge in [0.2, 0.25) is 0 Å². The summed E-state index contributed by atoms with van der Waals surface area (Å²) in [5.41, 5.74) is 0. The minimum atomic E-state index is -1.00. The molecule has 0 spiro atoms. The highest BCUT2D eigenvalue weighted by atomic mass is 35.5. The molecule has 0 amide bonds. The minimum Gasteiger partial charge on any atom is -0.481 e. The van der Waals surface area contributed by atoms with E-state index in [0.717, 1.165) is 0 Å². The van der Waals surface area contributed by atoms with Gasteiger partial charge in [-0.3, -0.25) is 9.59 Å². The topological polar surface area (TPSA) is 74.6 Å². The Morgan fingerprint density at radius 3 is 1.58 bits per heavy atom. The minimum absolute atomic E-state index is 0.362. The van der Waals surface area contributed by atoms with E-state index in [0.29, 0.717) is 12.8 Å². The lowest BCUT2D eigenvalue weighted by atomic mass is 10.0. The van der Waals surface area contributed by atoms with Crippen molar-refractivity contribution in [3.05, 3.63) is 0 Å². The van der Waals surface area contributed by atoms with Crippen LogP contribution < -0.4 is 0 Å². The molecule has 3 atom stereocenters. The van der Waals surface area contributed by atoms with Crippen molar-refractivity contribution in [3.63, 3.8) is 0 Å². The first-order valence-corrected chi connectivity index (χ1v) is 4.07. The first kappa shape index (κ1) is 9.32. The lowest BCUT2D eigenvalue weighted by molar-refractivity contribution is -0.142. The molecule has 68 valence electrons. The van der Waals surface area contributed by atoms with Crippen molar-refractivity contribution in [3.8, 4) is 0 Å². The smallest absolute Gasteiger partial charge is 0.308 e. The summed E-state index contributed by atoms with van der Waals surface area (Å²) < 4.78 is 0. The van der Waals surface area contributed by atoms with Gasteiger partial charge in [-0.2, -0.15) is 0 Å². The van der Waals surface area contributed by atoms with Gasteiger partial charge in [0.05, 0.1) is 17.2 Å². The fourth-order valence-electron chi connectivity index (χ4n) is 1.48. The number of carboxylic acid groups (broad SMARTS) is 2. The molecular weight excluding hydrogens is 184 g/mol. The Kier molecular flexibility index (Phi) is 2.57. The molecule has 0 bridgehead atoms. The van der Waals surface area contributed by atoms with Crippen LogP contribution >= 0.6 is 11.6 Å². The second-order valence-corrected chi connectivity index (χ2v) is 3.42. The Hall–Kier alpha value is -0.770. The van der Waals surface area contributed by atoms with Gasteiger partial charge in [-0.05, 0) is 12.8 Å². The summed E-state index contributed by atoms with van der Waals surface area (Å²) in [5, 5.41) is 16.4. The van der Waals surface area contributed by atoms with Gasteiger partial charge in [-0.15, -0.1) is 11.6 Å². The molecule has 4 nitrogen and oxygen atoms in total. The van der Waals surface area contributed by atoms with Gasteiger partial charge in [-0.25, -0.2) is 0 Å². The van der Waals surface area contributed by atoms with Gasteiger partial charge in [0.1, 0.15) is 0 Å². The monoisotopic (exact) mass is 192 g/mol. The number of carboxylic acids is 2. The fourth-order valence-corrected chi connectivity index (χ4v) is 1.94. The van der Waals surface area contributed by atoms with Crippen LogP contribution in [0.1, 0.15) is 12.8 Å². The number of hydrogen-bond acceptors (Lipinski definition) is 2. The highest BCUT2D eigenvalue weighted by Gasteiger charge is 2.42. The molecule has 1 saturated carbocycles. The summed E-state index contributed by atoms with van der Waals surface area (Å²) in [6.07, 6.45) is 0.723. The second kappa shape index (κ2) is 3.31. The molecule has 0 heterocycles. The molecule has 1 rings (SSSR count). The van der Waals surface area contributed by atoms with Gasteiger partial charge < -0.3 is 10.2 Å². The third-order valence-corrected chi connectivity index (χ3v) is 2.80. The fraction of sp³-hybridized carbons (Fsp3) is 0.714. The van der Waals surface area contributed by atoms with Crippen LogP contribution in [-0.4, -0.2) is 27.5 Å². The third-order valence-electron chi connectivity index (χ3n) is 2.19. The molecule has 0 saturated heterocycles. The van der Waals surface area contributed by atoms with E-state index in [9.17, 15) is 9.59 Å². The van der Waals surface area contributed by atoms with Crippen molar-refractivity contribution in [2.75, 3.05) is 0 Å². The molecule has 0 aromatic rings. The van der Waals surface area contributed by atoms with E-state index < -0.39 is 29.2 Å². The molecule has 0 aromatic heterocycles. The third kappa shape index (κ3) is 1.53. The van der Waals surface area contributed by atoms with E-state index in [1.165, 1.54) is 0 Å². The predicted octanol–water partition coefficient (Wildman–Crippen LogP) is 0.789. The molecule has 0 aromatic carbocycles. The van der Waals surface area contributed by atoms with Crippen LogP contribution in [-0.2, 0) is 9.59 Å². The number of halogens is 1. The van der Waals surface area contributed by atoms with Crippen molar-refractivity contribution in [1.29, 1.82) is 0 Å². The Morgan fingerprint density at radius 2 is 1.42 bits per heavy atom. The van der Waals surface area contributed by atoms with Gasteiger partial charge in [0.25, 0.3) is 0 Å². The van der Waals surface area contributed by atoms with Crippen molar-refractivity contribution < 1.29 is 19.8 Å². The normalized spacial score (nSPS) is 34.9. The van der Waals surface area contributed by atoms with E-state index in [4.69, 9.17) is 21.8 Å². The summed E-state index contributed by atoms with van der Waals surface area (Å²) in [6, 6.07) is 0. The molecule has 1 fully saturated rings. The number of aliphatic carboxylic acids is 2. The van der Waals surface area contributed by atoms with Crippen LogP contribution in [0.4, 0.5) is 0 Å². The van der Waals surface area contributed by atoms with Crippen LogP contribution in [0.2, 0.25) is 0 Å². The maximum absolute atomic E-state index is 10.5. The van der Waals surface area contributed by atoms with Crippen LogP contribution in [0, 0.1) is 11.8 Å². The zero-order valence-electron chi connectivity index (χ0n) is 6.24. The van der Waals surface area contributed by atoms with E-state index in [2.05, 4.69) is 0 Å². The molecule has 1 unspecified atom stereocenters. The maximum atomic E-state index is 10.5. The zero-order chi connectivity index (χ0) is 9.30. The van der Waals surface area contributed by atoms with Crippen LogP contribution in [0.25, 0.3) is 0 Å². The number of rotatable bonds is 2. The average molecular weight is 193 g/mol. The predicted molar refractivity (Wildman–Crippen MR) is 41.1 cm³/mol. The average Bonchev–Trinajstić information content (AvgIpc) is 2.30. The second-order valence-electron chi connectivity index (χ2n) is 2.91. The molecule has 0 aliphatic heterocycles. The molecule has 1 aliphatic rings. The summed E-state index contributed by atoms with van der Waals surface area (Å²) >= 11 is 5.67. The largest absolute Gasteiger partial charge is 0.481 e. The molecular formula is C7H9ClO4. The summed E-state index contributed by atoms with van der Waals surface area (Å²) in [5.74, 6) is -3.40. The van der Waals surface area contributed by atoms with Gasteiger partial charge in [0, 0.05) is 0 Å². The molecule has 5 heteroatoms. The van der Waals surface area contributed by atoms with Crippen molar-refractivity contribution in [1.82, 2.24) is 0 Å². The number of alkyl halides is 1. The van der Waals surface area contributed by atoms with Crippen LogP contribution in [0.5, 0.6) is 0 Å². The van der Waals surface area contributed by atoms with Crippen LogP contribution in [0.15, 0.2) is 0 Å². The summed E-state index contributed by atoms with van der Waals surface area (Å²) in [6.45, 7) is 0. The summed E-state index contributed by atoms with van der Waals surface area (Å²) in [4.78, 5) is 21.0. The van der Waals surface area contributed by atoms with E-state index in [1.54, 1.807) is 0 Å². The van der Waals surface area contributed by atoms with Crippen LogP contribution in [0.3, 0.4) is 0 Å². The van der Waals surface area contributed by atoms with Gasteiger partial charge >= 0.3 is 11.9 Å². The highest BCUT2D eigenvalue weighted by molar-refractivity contribution is 6.23. The number of hydrogen-bond donors (Lipinski definition) is 2. The zero-order valence-corrected chi connectivity index (χ0v) is 6.99. The molecule has 1 aliphatic carbocycles. The van der Waals surface area contributed by atoms with E-state index in [1.807, 2.05) is 0 Å². The Labute approximate surface area is 74.1 Å². The van der Waals surface area contributed by atoms with E-state index >= 15 is 0 Å². The first-order chi connectivity index (χ1) is 5.54. The van der Waals surface area contributed by atoms with Gasteiger partial charge in [0.15, 0.2) is 0 Å². The molecule has 0 radical (unpaired) electrons. The number of carbonyl (C=O) groups is 2. The Bertz CT molecular complexity index is 193. The lowest BCUT2D eigenvalue weighted by Gasteiger charge is -2.11. The Morgan fingerprint density at radius 1 is 1.08 bits per heavy atom. The Balaban J connectivity index is 2.67. The maximum Gasteiger partial charge on any atom is 0.308 e. The summed E-state index contributed by atoms with van der Waals surface area (Å²) in [7, 11) is 0. The van der Waals surface area contributed by atoms with E-state index in [-0.39, 0.29) is 0 Å². The lowest BCUT2D eigenvalue weighted by Crippen LogP contribution is -2.26. The van der Waals surface area contributed by atoms with Crippen molar-refractivity contribution in [2.45, 2.75) is 18.2 Å². The van der Waals surface area contributed by atoms with Gasteiger partial charge in [-0.1, -0.05) is 0 Å². The van der Waals surface area contributed by atoms with Crippen molar-refractivity contribution >= 4 is 23.5 Å². The first-order valence-electron chi connectivity index (χ1n) is 3.63. The SMILES string of the molecule is O=C(O)[C@H]1CC[C@@H](C(=O)O)C1Cl. The molecule has 2 N–H and O–H groups in total. The standard InChI is InChI=1S/C7H9ClO4/c8-5-3(6(9)10)1-2-4(5)7(11)12/h3-5H,1-2H2,(H,9,10)(H,11,12)/t3-,4+,5?. The quantitative estimate of drug-likeness (QED) is 0.635. The molecule has 12 heavy (non-hydrogen) atoms.